The highest BCUT2D eigenvalue weighted by atomic mass is 16.5. The topological polar surface area (TPSA) is 36.3 Å². The Balaban J connectivity index is 2.06. The van der Waals surface area contributed by atoms with Crippen LogP contribution in [0.25, 0.3) is 0 Å². The highest BCUT2D eigenvalue weighted by Crippen LogP contribution is 2.15. The van der Waals surface area contributed by atoms with Crippen LogP contribution >= 0.6 is 0 Å². The van der Waals surface area contributed by atoms with Crippen molar-refractivity contribution in [1.82, 2.24) is 4.90 Å². The van der Waals surface area contributed by atoms with Crippen LogP contribution in [0.2, 0.25) is 0 Å². The summed E-state index contributed by atoms with van der Waals surface area (Å²) in [7, 11) is 0. The van der Waals surface area contributed by atoms with Crippen molar-refractivity contribution in [3.63, 3.8) is 0 Å². The lowest BCUT2D eigenvalue weighted by Gasteiger charge is -2.36. The van der Waals surface area contributed by atoms with Crippen LogP contribution in [0.15, 0.2) is 24.3 Å². The molecule has 17 heavy (non-hydrogen) atoms. The van der Waals surface area contributed by atoms with Crippen LogP contribution in [-0.4, -0.2) is 30.2 Å². The Labute approximate surface area is 103 Å². The molecule has 1 aliphatic heterocycles. The summed E-state index contributed by atoms with van der Waals surface area (Å²) in [5, 5.41) is 8.88. The van der Waals surface area contributed by atoms with E-state index in [1.54, 1.807) is 0 Å². The number of benzene rings is 1. The molecule has 3 heteroatoms. The second-order valence-corrected chi connectivity index (χ2v) is 4.73. The van der Waals surface area contributed by atoms with Crippen LogP contribution in [-0.2, 0) is 11.3 Å². The van der Waals surface area contributed by atoms with Gasteiger partial charge in [-0.1, -0.05) is 12.1 Å². The number of hydrogen-bond acceptors (Lipinski definition) is 3. The molecule has 1 aromatic carbocycles. The Bertz CT molecular complexity index is 424. The fourth-order valence-corrected chi connectivity index (χ4v) is 2.17. The molecular formula is C14H18N2O. The van der Waals surface area contributed by atoms with Crippen LogP contribution in [0.3, 0.4) is 0 Å². The van der Waals surface area contributed by atoms with Crippen molar-refractivity contribution >= 4 is 0 Å². The SMILES string of the molecule is CC1CN(Cc2cccc(C#N)c2)C(C)CO1. The summed E-state index contributed by atoms with van der Waals surface area (Å²) < 4.78 is 5.61. The van der Waals surface area contributed by atoms with Gasteiger partial charge in [-0.2, -0.15) is 5.26 Å². The number of ether oxygens (including phenoxy) is 1. The molecule has 0 bridgehead atoms. The third kappa shape index (κ3) is 3.06. The molecular weight excluding hydrogens is 212 g/mol. The van der Waals surface area contributed by atoms with Crippen LogP contribution in [0.4, 0.5) is 0 Å². The van der Waals surface area contributed by atoms with Gasteiger partial charge in [0.25, 0.3) is 0 Å². The van der Waals surface area contributed by atoms with Gasteiger partial charge in [0, 0.05) is 19.1 Å². The molecule has 1 heterocycles. The van der Waals surface area contributed by atoms with Crippen LogP contribution in [0, 0.1) is 11.3 Å². The molecule has 0 spiro atoms. The monoisotopic (exact) mass is 230 g/mol. The van der Waals surface area contributed by atoms with Crippen molar-refractivity contribution in [2.45, 2.75) is 32.5 Å². The molecule has 90 valence electrons. The second-order valence-electron chi connectivity index (χ2n) is 4.73. The Hall–Kier alpha value is -1.37. The first-order valence-electron chi connectivity index (χ1n) is 6.03. The Morgan fingerprint density at radius 1 is 1.47 bits per heavy atom. The van der Waals surface area contributed by atoms with Gasteiger partial charge in [-0.3, -0.25) is 4.90 Å². The van der Waals surface area contributed by atoms with Gasteiger partial charge in [-0.15, -0.1) is 0 Å². The van der Waals surface area contributed by atoms with Crippen LogP contribution in [0.1, 0.15) is 25.0 Å². The zero-order chi connectivity index (χ0) is 12.3. The van der Waals surface area contributed by atoms with E-state index in [0.29, 0.717) is 12.1 Å². The Kier molecular flexibility index (Phi) is 3.78. The molecule has 3 nitrogen and oxygen atoms in total. The van der Waals surface area contributed by atoms with E-state index in [-0.39, 0.29) is 0 Å². The average Bonchev–Trinajstić information content (AvgIpc) is 2.34. The van der Waals surface area contributed by atoms with Crippen molar-refractivity contribution in [3.05, 3.63) is 35.4 Å². The second kappa shape index (κ2) is 5.31. The lowest BCUT2D eigenvalue weighted by Crippen LogP contribution is -2.46. The van der Waals surface area contributed by atoms with E-state index in [1.165, 1.54) is 5.56 Å². The highest BCUT2D eigenvalue weighted by molar-refractivity contribution is 5.32. The Morgan fingerprint density at radius 3 is 3.06 bits per heavy atom. The predicted octanol–water partition coefficient (Wildman–Crippen LogP) is 2.17. The summed E-state index contributed by atoms with van der Waals surface area (Å²) in [5.74, 6) is 0. The first-order valence-corrected chi connectivity index (χ1v) is 6.03. The molecule has 2 atom stereocenters. The van der Waals surface area contributed by atoms with Crippen LogP contribution < -0.4 is 0 Å². The highest BCUT2D eigenvalue weighted by Gasteiger charge is 2.23. The zero-order valence-corrected chi connectivity index (χ0v) is 10.4. The van der Waals surface area contributed by atoms with Crippen LogP contribution in [0.5, 0.6) is 0 Å². The standard InChI is InChI=1S/C14H18N2O/c1-11-10-17-12(2)8-16(11)9-14-5-3-4-13(6-14)7-15/h3-6,11-12H,8-10H2,1-2H3. The van der Waals surface area contributed by atoms with Gasteiger partial charge in [0.15, 0.2) is 0 Å². The van der Waals surface area contributed by atoms with E-state index < -0.39 is 0 Å². The molecule has 0 radical (unpaired) electrons. The van der Waals surface area contributed by atoms with Crippen molar-refractivity contribution in [3.8, 4) is 6.07 Å². The summed E-state index contributed by atoms with van der Waals surface area (Å²) in [6.07, 6.45) is 0.297. The van der Waals surface area contributed by atoms with E-state index in [4.69, 9.17) is 10.00 Å². The molecule has 1 aromatic rings. The normalized spacial score (nSPS) is 25.5. The van der Waals surface area contributed by atoms with Gasteiger partial charge in [0.05, 0.1) is 24.3 Å². The third-order valence-corrected chi connectivity index (χ3v) is 3.18. The average molecular weight is 230 g/mol. The van der Waals surface area contributed by atoms with E-state index in [2.05, 4.69) is 30.9 Å². The van der Waals surface area contributed by atoms with Gasteiger partial charge in [0.2, 0.25) is 0 Å². The number of hydrogen-bond donors (Lipinski definition) is 0. The lowest BCUT2D eigenvalue weighted by molar-refractivity contribution is -0.0526. The zero-order valence-electron chi connectivity index (χ0n) is 10.4. The van der Waals surface area contributed by atoms with Crippen molar-refractivity contribution in [1.29, 1.82) is 5.26 Å². The van der Waals surface area contributed by atoms with E-state index in [0.717, 1.165) is 25.3 Å². The maximum absolute atomic E-state index is 8.88. The van der Waals surface area contributed by atoms with E-state index in [9.17, 15) is 0 Å². The lowest BCUT2D eigenvalue weighted by atomic mass is 10.1. The largest absolute Gasteiger partial charge is 0.376 e. The van der Waals surface area contributed by atoms with Gasteiger partial charge in [-0.25, -0.2) is 0 Å². The number of nitrogens with zero attached hydrogens (tertiary/aromatic N) is 2. The first-order chi connectivity index (χ1) is 8.19. The fraction of sp³-hybridized carbons (Fsp3) is 0.500. The number of nitriles is 1. The first kappa shape index (κ1) is 12.1. The minimum absolute atomic E-state index is 0.297. The third-order valence-electron chi connectivity index (χ3n) is 3.18. The number of morpholine rings is 1. The van der Waals surface area contributed by atoms with Gasteiger partial charge in [-0.05, 0) is 31.5 Å². The molecule has 0 aromatic heterocycles. The summed E-state index contributed by atoms with van der Waals surface area (Å²) >= 11 is 0. The maximum atomic E-state index is 8.88. The maximum Gasteiger partial charge on any atom is 0.0991 e. The van der Waals surface area contributed by atoms with Gasteiger partial charge < -0.3 is 4.74 Å². The minimum Gasteiger partial charge on any atom is -0.376 e. The molecule has 0 aliphatic carbocycles. The summed E-state index contributed by atoms with van der Waals surface area (Å²) in [6.45, 7) is 6.92. The molecule has 1 fully saturated rings. The van der Waals surface area contributed by atoms with Gasteiger partial charge in [0.1, 0.15) is 0 Å². The smallest absolute Gasteiger partial charge is 0.0991 e. The quantitative estimate of drug-likeness (QED) is 0.781. The summed E-state index contributed by atoms with van der Waals surface area (Å²) in [6, 6.07) is 10.5. The van der Waals surface area contributed by atoms with Crippen molar-refractivity contribution < 1.29 is 4.74 Å². The number of rotatable bonds is 2. The molecule has 0 saturated carbocycles. The molecule has 2 unspecified atom stereocenters. The van der Waals surface area contributed by atoms with Crippen molar-refractivity contribution in [2.75, 3.05) is 13.2 Å². The predicted molar refractivity (Wildman–Crippen MR) is 66.4 cm³/mol. The minimum atomic E-state index is 0.297. The fourth-order valence-electron chi connectivity index (χ4n) is 2.17. The van der Waals surface area contributed by atoms with Crippen molar-refractivity contribution in [2.24, 2.45) is 0 Å². The Morgan fingerprint density at radius 2 is 2.29 bits per heavy atom. The molecule has 2 rings (SSSR count). The molecule has 1 aliphatic rings. The van der Waals surface area contributed by atoms with E-state index in [1.807, 2.05) is 18.2 Å². The van der Waals surface area contributed by atoms with Gasteiger partial charge >= 0.3 is 0 Å². The summed E-state index contributed by atoms with van der Waals surface area (Å²) in [5.41, 5.74) is 1.93. The molecule has 0 N–H and O–H groups in total. The van der Waals surface area contributed by atoms with E-state index >= 15 is 0 Å². The molecule has 0 amide bonds. The molecule has 1 saturated heterocycles. The summed E-state index contributed by atoms with van der Waals surface area (Å²) in [4.78, 5) is 2.41.